The number of aliphatic hydroxyl groups excluding tert-OH is 1. The van der Waals surface area contributed by atoms with E-state index in [-0.39, 0.29) is 6.42 Å². The lowest BCUT2D eigenvalue weighted by Crippen LogP contribution is -2.16. The number of halogens is 2. The fourth-order valence-electron chi connectivity index (χ4n) is 2.03. The van der Waals surface area contributed by atoms with E-state index in [9.17, 15) is 13.9 Å². The summed E-state index contributed by atoms with van der Waals surface area (Å²) in [5.74, 6) is -0.692. The van der Waals surface area contributed by atoms with Gasteiger partial charge in [-0.3, -0.25) is 0 Å². The minimum Gasteiger partial charge on any atom is -0.393 e. The SMILES string of the molecule is CCC(CC)CC(O)Cc1ccc(F)cc1F. The predicted molar refractivity (Wildman–Crippen MR) is 64.8 cm³/mol. The molecular weight excluding hydrogens is 222 g/mol. The Morgan fingerprint density at radius 2 is 1.82 bits per heavy atom. The molecule has 0 radical (unpaired) electrons. The fourth-order valence-corrected chi connectivity index (χ4v) is 2.03. The summed E-state index contributed by atoms with van der Waals surface area (Å²) >= 11 is 0. The van der Waals surface area contributed by atoms with E-state index in [4.69, 9.17) is 0 Å². The zero-order valence-corrected chi connectivity index (χ0v) is 10.4. The first-order valence-corrected chi connectivity index (χ1v) is 6.18. The van der Waals surface area contributed by atoms with Crippen molar-refractivity contribution in [1.82, 2.24) is 0 Å². The maximum absolute atomic E-state index is 13.4. The first kappa shape index (κ1) is 14.1. The molecule has 0 spiro atoms. The fraction of sp³-hybridized carbons (Fsp3) is 0.571. The van der Waals surface area contributed by atoms with Gasteiger partial charge in [0, 0.05) is 12.5 Å². The van der Waals surface area contributed by atoms with Crippen LogP contribution in [0, 0.1) is 17.6 Å². The predicted octanol–water partition coefficient (Wildman–Crippen LogP) is 3.69. The van der Waals surface area contributed by atoms with Gasteiger partial charge in [0.15, 0.2) is 0 Å². The molecule has 1 N–H and O–H groups in total. The molecule has 1 nitrogen and oxygen atoms in total. The molecule has 0 aliphatic rings. The van der Waals surface area contributed by atoms with Gasteiger partial charge in [-0.05, 0) is 24.0 Å². The van der Waals surface area contributed by atoms with Crippen LogP contribution in [0.15, 0.2) is 18.2 Å². The highest BCUT2D eigenvalue weighted by Gasteiger charge is 2.14. The molecule has 0 heterocycles. The van der Waals surface area contributed by atoms with Crippen molar-refractivity contribution in [1.29, 1.82) is 0 Å². The average molecular weight is 242 g/mol. The van der Waals surface area contributed by atoms with Crippen molar-refractivity contribution in [2.75, 3.05) is 0 Å². The summed E-state index contributed by atoms with van der Waals surface area (Å²) in [5.41, 5.74) is 0.379. The number of aliphatic hydroxyl groups is 1. The Bertz CT molecular complexity index is 348. The van der Waals surface area contributed by atoms with Crippen molar-refractivity contribution in [3.63, 3.8) is 0 Å². The molecule has 0 aliphatic heterocycles. The zero-order chi connectivity index (χ0) is 12.8. The summed E-state index contributed by atoms with van der Waals surface area (Å²) in [7, 11) is 0. The van der Waals surface area contributed by atoms with Crippen molar-refractivity contribution in [3.05, 3.63) is 35.4 Å². The molecule has 0 bridgehead atoms. The van der Waals surface area contributed by atoms with E-state index in [1.165, 1.54) is 12.1 Å². The topological polar surface area (TPSA) is 20.2 Å². The van der Waals surface area contributed by atoms with Crippen LogP contribution in [-0.4, -0.2) is 11.2 Å². The molecule has 0 aromatic heterocycles. The standard InChI is InChI=1S/C14H20F2O/c1-3-10(4-2)7-13(17)8-11-5-6-12(15)9-14(11)16/h5-6,9-10,13,17H,3-4,7-8H2,1-2H3. The Morgan fingerprint density at radius 3 is 2.35 bits per heavy atom. The summed E-state index contributed by atoms with van der Waals surface area (Å²) in [5, 5.41) is 9.87. The van der Waals surface area contributed by atoms with Crippen LogP contribution in [0.2, 0.25) is 0 Å². The van der Waals surface area contributed by atoms with Crippen LogP contribution in [0.1, 0.15) is 38.7 Å². The van der Waals surface area contributed by atoms with Crippen molar-refractivity contribution < 1.29 is 13.9 Å². The highest BCUT2D eigenvalue weighted by Crippen LogP contribution is 2.19. The lowest BCUT2D eigenvalue weighted by Gasteiger charge is -2.17. The largest absolute Gasteiger partial charge is 0.393 e. The summed E-state index contributed by atoms with van der Waals surface area (Å²) in [6.07, 6.45) is 2.39. The summed E-state index contributed by atoms with van der Waals surface area (Å²) < 4.78 is 26.1. The number of hydrogen-bond donors (Lipinski definition) is 1. The first-order chi connectivity index (χ1) is 8.06. The molecule has 17 heavy (non-hydrogen) atoms. The Morgan fingerprint density at radius 1 is 1.18 bits per heavy atom. The van der Waals surface area contributed by atoms with E-state index in [0.29, 0.717) is 17.9 Å². The van der Waals surface area contributed by atoms with E-state index in [1.807, 2.05) is 0 Å². The highest BCUT2D eigenvalue weighted by atomic mass is 19.1. The highest BCUT2D eigenvalue weighted by molar-refractivity contribution is 5.19. The molecule has 0 saturated heterocycles. The number of rotatable bonds is 6. The van der Waals surface area contributed by atoms with Gasteiger partial charge in [0.25, 0.3) is 0 Å². The quantitative estimate of drug-likeness (QED) is 0.806. The maximum Gasteiger partial charge on any atom is 0.129 e. The van der Waals surface area contributed by atoms with Gasteiger partial charge >= 0.3 is 0 Å². The van der Waals surface area contributed by atoms with Crippen LogP contribution >= 0.6 is 0 Å². The minimum absolute atomic E-state index is 0.253. The van der Waals surface area contributed by atoms with Crippen LogP contribution in [-0.2, 0) is 6.42 Å². The van der Waals surface area contributed by atoms with E-state index >= 15 is 0 Å². The lowest BCUT2D eigenvalue weighted by atomic mass is 9.93. The van der Waals surface area contributed by atoms with Crippen LogP contribution in [0.25, 0.3) is 0 Å². The van der Waals surface area contributed by atoms with Gasteiger partial charge in [-0.1, -0.05) is 32.8 Å². The molecule has 0 amide bonds. The van der Waals surface area contributed by atoms with E-state index in [1.54, 1.807) is 0 Å². The van der Waals surface area contributed by atoms with E-state index in [2.05, 4.69) is 13.8 Å². The second-order valence-electron chi connectivity index (χ2n) is 4.51. The van der Waals surface area contributed by atoms with Crippen molar-refractivity contribution in [2.45, 2.75) is 45.6 Å². The van der Waals surface area contributed by atoms with E-state index in [0.717, 1.165) is 18.9 Å². The van der Waals surface area contributed by atoms with Gasteiger partial charge in [0.2, 0.25) is 0 Å². The molecule has 0 saturated carbocycles. The first-order valence-electron chi connectivity index (χ1n) is 6.18. The molecule has 1 unspecified atom stereocenters. The molecule has 1 rings (SSSR count). The van der Waals surface area contributed by atoms with Crippen LogP contribution in [0.4, 0.5) is 8.78 Å². The molecule has 96 valence electrons. The normalized spacial score (nSPS) is 13.1. The third-order valence-electron chi connectivity index (χ3n) is 3.23. The van der Waals surface area contributed by atoms with Gasteiger partial charge in [-0.15, -0.1) is 0 Å². The molecule has 0 aliphatic carbocycles. The van der Waals surface area contributed by atoms with Gasteiger partial charge in [-0.2, -0.15) is 0 Å². The summed E-state index contributed by atoms with van der Waals surface area (Å²) in [4.78, 5) is 0. The average Bonchev–Trinajstić information content (AvgIpc) is 2.29. The Hall–Kier alpha value is -0.960. The lowest BCUT2D eigenvalue weighted by molar-refractivity contribution is 0.138. The zero-order valence-electron chi connectivity index (χ0n) is 10.4. The van der Waals surface area contributed by atoms with Crippen molar-refractivity contribution in [3.8, 4) is 0 Å². The van der Waals surface area contributed by atoms with Gasteiger partial charge < -0.3 is 5.11 Å². The number of benzene rings is 1. The maximum atomic E-state index is 13.4. The minimum atomic E-state index is -0.583. The van der Waals surface area contributed by atoms with Crippen LogP contribution in [0.3, 0.4) is 0 Å². The molecule has 1 aromatic carbocycles. The summed E-state index contributed by atoms with van der Waals surface area (Å²) in [6.45, 7) is 4.17. The van der Waals surface area contributed by atoms with Crippen molar-refractivity contribution >= 4 is 0 Å². The Labute approximate surface area is 101 Å². The molecule has 3 heteroatoms. The van der Waals surface area contributed by atoms with Gasteiger partial charge in [0.05, 0.1) is 6.10 Å². The third-order valence-corrected chi connectivity index (χ3v) is 3.23. The monoisotopic (exact) mass is 242 g/mol. The second kappa shape index (κ2) is 6.70. The Kier molecular flexibility index (Phi) is 5.56. The second-order valence-corrected chi connectivity index (χ2v) is 4.51. The molecule has 1 aromatic rings. The van der Waals surface area contributed by atoms with Gasteiger partial charge in [0.1, 0.15) is 11.6 Å². The number of hydrogen-bond acceptors (Lipinski definition) is 1. The molecule has 1 atom stereocenters. The van der Waals surface area contributed by atoms with Crippen LogP contribution < -0.4 is 0 Å². The third kappa shape index (κ3) is 4.43. The summed E-state index contributed by atoms with van der Waals surface area (Å²) in [6, 6.07) is 3.49. The molecular formula is C14H20F2O. The smallest absolute Gasteiger partial charge is 0.129 e. The van der Waals surface area contributed by atoms with E-state index < -0.39 is 17.7 Å². The van der Waals surface area contributed by atoms with Crippen molar-refractivity contribution in [2.24, 2.45) is 5.92 Å². The van der Waals surface area contributed by atoms with Crippen LogP contribution in [0.5, 0.6) is 0 Å². The van der Waals surface area contributed by atoms with Gasteiger partial charge in [-0.25, -0.2) is 8.78 Å². The molecule has 0 fully saturated rings. The Balaban J connectivity index is 2.58.